The van der Waals surface area contributed by atoms with E-state index in [4.69, 9.17) is 14.2 Å². The highest BCUT2D eigenvalue weighted by Gasteiger charge is 2.54. The third-order valence-corrected chi connectivity index (χ3v) is 4.67. The van der Waals surface area contributed by atoms with E-state index in [1.165, 1.54) is 0 Å². The van der Waals surface area contributed by atoms with Crippen molar-refractivity contribution in [1.82, 2.24) is 5.32 Å². The Kier molecular flexibility index (Phi) is 4.87. The zero-order valence-corrected chi connectivity index (χ0v) is 14.0. The summed E-state index contributed by atoms with van der Waals surface area (Å²) in [6.07, 6.45) is 1.37. The molecule has 3 rings (SSSR count). The van der Waals surface area contributed by atoms with E-state index >= 15 is 0 Å². The van der Waals surface area contributed by atoms with Gasteiger partial charge in [0.05, 0.1) is 18.8 Å². The zero-order valence-electron chi connectivity index (χ0n) is 14.0. The van der Waals surface area contributed by atoms with Gasteiger partial charge in [0.1, 0.15) is 5.75 Å². The van der Waals surface area contributed by atoms with Gasteiger partial charge >= 0.3 is 0 Å². The van der Waals surface area contributed by atoms with Crippen LogP contribution in [-0.4, -0.2) is 44.5 Å². The minimum Gasteiger partial charge on any atom is -0.491 e. The molecular weight excluding hydrogens is 294 g/mol. The summed E-state index contributed by atoms with van der Waals surface area (Å²) >= 11 is 0. The van der Waals surface area contributed by atoms with Gasteiger partial charge in [-0.25, -0.2) is 0 Å². The molecule has 0 radical (unpaired) electrons. The van der Waals surface area contributed by atoms with Crippen molar-refractivity contribution in [1.29, 1.82) is 0 Å². The van der Waals surface area contributed by atoms with Gasteiger partial charge in [-0.2, -0.15) is 0 Å². The van der Waals surface area contributed by atoms with Crippen molar-refractivity contribution in [2.75, 3.05) is 20.3 Å². The molecule has 0 bridgehead atoms. The molecule has 0 aromatic heterocycles. The van der Waals surface area contributed by atoms with Gasteiger partial charge < -0.3 is 19.5 Å². The topological polar surface area (TPSA) is 56.8 Å². The van der Waals surface area contributed by atoms with Crippen molar-refractivity contribution in [3.8, 4) is 5.75 Å². The molecular formula is C18H25NO4. The molecule has 1 saturated heterocycles. The van der Waals surface area contributed by atoms with Gasteiger partial charge in [-0.1, -0.05) is 0 Å². The first-order valence-electron chi connectivity index (χ1n) is 8.28. The van der Waals surface area contributed by atoms with Gasteiger partial charge in [0, 0.05) is 37.2 Å². The molecule has 5 heteroatoms. The summed E-state index contributed by atoms with van der Waals surface area (Å²) in [5.41, 5.74) is 0.652. The number of benzene rings is 1. The third-order valence-electron chi connectivity index (χ3n) is 4.67. The SMILES string of the molecule is COC[C@@H]1[C@H](NC(=O)c2ccc(OC(C)C)cc2)[C@@H]2CCO[C@H]12. The van der Waals surface area contributed by atoms with E-state index in [-0.39, 0.29) is 30.1 Å². The van der Waals surface area contributed by atoms with Gasteiger partial charge in [0.2, 0.25) is 0 Å². The first-order chi connectivity index (χ1) is 11.1. The number of nitrogens with one attached hydrogen (secondary N) is 1. The zero-order chi connectivity index (χ0) is 16.4. The van der Waals surface area contributed by atoms with Crippen molar-refractivity contribution in [2.45, 2.75) is 38.5 Å². The molecule has 1 saturated carbocycles. The largest absolute Gasteiger partial charge is 0.491 e. The van der Waals surface area contributed by atoms with E-state index in [0.29, 0.717) is 18.1 Å². The van der Waals surface area contributed by atoms with Crippen LogP contribution in [0.5, 0.6) is 5.75 Å². The number of hydrogen-bond donors (Lipinski definition) is 1. The second kappa shape index (κ2) is 6.89. The predicted octanol–water partition coefficient (Wildman–Crippen LogP) is 2.25. The fraction of sp³-hybridized carbons (Fsp3) is 0.611. The van der Waals surface area contributed by atoms with Gasteiger partial charge in [-0.15, -0.1) is 0 Å². The summed E-state index contributed by atoms with van der Waals surface area (Å²) in [7, 11) is 1.69. The molecule has 2 aliphatic rings. The average Bonchev–Trinajstić information content (AvgIpc) is 2.94. The highest BCUT2D eigenvalue weighted by atomic mass is 16.5. The lowest BCUT2D eigenvalue weighted by molar-refractivity contribution is -0.0809. The van der Waals surface area contributed by atoms with Crippen molar-refractivity contribution in [3.05, 3.63) is 29.8 Å². The molecule has 0 spiro atoms. The summed E-state index contributed by atoms with van der Waals surface area (Å²) in [5, 5.41) is 3.16. The quantitative estimate of drug-likeness (QED) is 0.874. The Labute approximate surface area is 137 Å². The number of fused-ring (bicyclic) bond motifs is 1. The first-order valence-corrected chi connectivity index (χ1v) is 8.28. The van der Waals surface area contributed by atoms with Crippen molar-refractivity contribution >= 4 is 5.91 Å². The van der Waals surface area contributed by atoms with Crippen LogP contribution >= 0.6 is 0 Å². The molecule has 4 atom stereocenters. The monoisotopic (exact) mass is 319 g/mol. The van der Waals surface area contributed by atoms with Crippen LogP contribution in [0.2, 0.25) is 0 Å². The van der Waals surface area contributed by atoms with Crippen molar-refractivity contribution in [2.24, 2.45) is 11.8 Å². The van der Waals surface area contributed by atoms with Crippen LogP contribution in [0, 0.1) is 11.8 Å². The van der Waals surface area contributed by atoms with E-state index in [1.807, 2.05) is 26.0 Å². The maximum absolute atomic E-state index is 12.5. The molecule has 1 aromatic rings. The van der Waals surface area contributed by atoms with Gasteiger partial charge in [-0.05, 0) is 44.5 Å². The maximum Gasteiger partial charge on any atom is 0.251 e. The van der Waals surface area contributed by atoms with Crippen LogP contribution in [0.1, 0.15) is 30.6 Å². The highest BCUT2D eigenvalue weighted by molar-refractivity contribution is 5.94. The van der Waals surface area contributed by atoms with Gasteiger partial charge in [0.15, 0.2) is 0 Å². The third kappa shape index (κ3) is 3.35. The van der Waals surface area contributed by atoms with E-state index < -0.39 is 0 Å². The van der Waals surface area contributed by atoms with Crippen molar-refractivity contribution in [3.63, 3.8) is 0 Å². The molecule has 23 heavy (non-hydrogen) atoms. The minimum atomic E-state index is -0.0439. The molecule has 2 fully saturated rings. The molecule has 1 N–H and O–H groups in total. The summed E-state index contributed by atoms with van der Waals surface area (Å²) in [6.45, 7) is 5.36. The molecule has 1 heterocycles. The Morgan fingerprint density at radius 3 is 2.74 bits per heavy atom. The Morgan fingerprint density at radius 2 is 2.09 bits per heavy atom. The summed E-state index contributed by atoms with van der Waals surface area (Å²) < 4.78 is 16.6. The number of rotatable bonds is 6. The number of ether oxygens (including phenoxy) is 3. The number of methoxy groups -OCH3 is 1. The molecule has 0 unspecified atom stereocenters. The Bertz CT molecular complexity index is 542. The van der Waals surface area contributed by atoms with Crippen molar-refractivity contribution < 1.29 is 19.0 Å². The molecule has 1 amide bonds. The average molecular weight is 319 g/mol. The molecule has 1 aliphatic heterocycles. The van der Waals surface area contributed by atoms with E-state index in [2.05, 4.69) is 5.32 Å². The number of hydrogen-bond acceptors (Lipinski definition) is 4. The van der Waals surface area contributed by atoms with Gasteiger partial charge in [0.25, 0.3) is 5.91 Å². The Hall–Kier alpha value is -1.59. The minimum absolute atomic E-state index is 0.0439. The van der Waals surface area contributed by atoms with E-state index in [9.17, 15) is 4.79 Å². The number of amides is 1. The van der Waals surface area contributed by atoms with Crippen LogP contribution in [-0.2, 0) is 9.47 Å². The second-order valence-electron chi connectivity index (χ2n) is 6.60. The van der Waals surface area contributed by atoms with E-state index in [1.54, 1.807) is 19.2 Å². The molecule has 1 aliphatic carbocycles. The Balaban J connectivity index is 1.62. The highest BCUT2D eigenvalue weighted by Crippen LogP contribution is 2.43. The summed E-state index contributed by atoms with van der Waals surface area (Å²) in [5.74, 6) is 1.40. The lowest BCUT2D eigenvalue weighted by Crippen LogP contribution is -2.62. The fourth-order valence-corrected chi connectivity index (χ4v) is 3.63. The smallest absolute Gasteiger partial charge is 0.251 e. The standard InChI is InChI=1S/C18H25NO4/c1-11(2)23-13-6-4-12(5-7-13)18(20)19-16-14-8-9-22-17(14)15(16)10-21-3/h4-7,11,14-17H,8-10H2,1-3H3,(H,19,20)/t14-,15+,16+,17-/m0/s1. The normalized spacial score (nSPS) is 29.0. The molecule has 1 aromatic carbocycles. The van der Waals surface area contributed by atoms with Crippen LogP contribution in [0.25, 0.3) is 0 Å². The summed E-state index contributed by atoms with van der Waals surface area (Å²) in [6, 6.07) is 7.42. The van der Waals surface area contributed by atoms with Crippen LogP contribution in [0.3, 0.4) is 0 Å². The lowest BCUT2D eigenvalue weighted by atomic mass is 9.67. The number of carbonyl (C=O) groups is 1. The number of carbonyl (C=O) groups excluding carboxylic acids is 1. The summed E-state index contributed by atoms with van der Waals surface area (Å²) in [4.78, 5) is 12.5. The predicted molar refractivity (Wildman–Crippen MR) is 86.7 cm³/mol. The molecule has 5 nitrogen and oxygen atoms in total. The fourth-order valence-electron chi connectivity index (χ4n) is 3.63. The Morgan fingerprint density at radius 1 is 1.35 bits per heavy atom. The van der Waals surface area contributed by atoms with Crippen LogP contribution in [0.15, 0.2) is 24.3 Å². The second-order valence-corrected chi connectivity index (χ2v) is 6.60. The molecule has 126 valence electrons. The van der Waals surface area contributed by atoms with E-state index in [0.717, 1.165) is 18.8 Å². The maximum atomic E-state index is 12.5. The van der Waals surface area contributed by atoms with Crippen LogP contribution < -0.4 is 10.1 Å². The van der Waals surface area contributed by atoms with Gasteiger partial charge in [-0.3, -0.25) is 4.79 Å². The lowest BCUT2D eigenvalue weighted by Gasteiger charge is -2.47. The first kappa shape index (κ1) is 16.3. The van der Waals surface area contributed by atoms with Crippen LogP contribution in [0.4, 0.5) is 0 Å².